The van der Waals surface area contributed by atoms with Gasteiger partial charge in [-0.15, -0.1) is 0 Å². The number of ketones is 2. The number of Topliss-reactive ketones (excluding diaryl/α,β-unsaturated/α-hetero) is 2. The maximum Gasteiger partial charge on any atom is 0.430 e. The molecule has 4 aliphatic heterocycles. The predicted octanol–water partition coefficient (Wildman–Crippen LogP) is 8.30. The smallest absolute Gasteiger partial charge is 0.430 e. The lowest BCUT2D eigenvalue weighted by Gasteiger charge is -2.41. The average Bonchev–Trinajstić information content (AvgIpc) is 1.48. The van der Waals surface area contributed by atoms with Gasteiger partial charge in [-0.3, -0.25) is 29.0 Å². The molecule has 0 aliphatic carbocycles. The van der Waals surface area contributed by atoms with Crippen LogP contribution in [0.5, 0.6) is 0 Å². The van der Waals surface area contributed by atoms with Crippen LogP contribution in [0.2, 0.25) is 0 Å². The number of aliphatic carboxylic acids is 1. The van der Waals surface area contributed by atoms with Gasteiger partial charge in [0.2, 0.25) is 0 Å². The Morgan fingerprint density at radius 1 is 0.565 bits per heavy atom. The van der Waals surface area contributed by atoms with Crippen LogP contribution in [0.1, 0.15) is 84.0 Å². The average molecular weight is 1290 g/mol. The molecule has 92 heavy (non-hydrogen) atoms. The zero-order chi connectivity index (χ0) is 67.8. The van der Waals surface area contributed by atoms with Gasteiger partial charge in [0.05, 0.1) is 134 Å². The van der Waals surface area contributed by atoms with Crippen LogP contribution in [0.15, 0.2) is 120 Å². The first-order valence-corrected chi connectivity index (χ1v) is 29.2. The lowest BCUT2D eigenvalue weighted by atomic mass is 9.92. The van der Waals surface area contributed by atoms with Gasteiger partial charge in [-0.05, 0) is 126 Å². The first kappa shape index (κ1) is 70.3. The minimum Gasteiger partial charge on any atom is -0.542 e. The summed E-state index contributed by atoms with van der Waals surface area (Å²) in [5.41, 5.74) is -0.370. The predicted molar refractivity (Wildman–Crippen MR) is 315 cm³/mol. The number of carboxylic acids is 1. The maximum absolute atomic E-state index is 14.9. The van der Waals surface area contributed by atoms with Crippen molar-refractivity contribution in [2.45, 2.75) is 69.1 Å². The second-order valence-corrected chi connectivity index (χ2v) is 23.8. The molecule has 6 amide bonds. The second-order valence-electron chi connectivity index (χ2n) is 23.8. The second kappa shape index (κ2) is 29.0. The molecule has 0 fully saturated rings. The van der Waals surface area contributed by atoms with Crippen molar-refractivity contribution in [1.29, 1.82) is 10.5 Å². The Kier molecular flexibility index (Phi) is 22.2. The number of carbonyl (C=O) groups is 7. The highest BCUT2D eigenvalue weighted by atomic mass is 19.4. The van der Waals surface area contributed by atoms with Crippen molar-refractivity contribution in [3.8, 4) is 12.1 Å². The molecule has 4 aromatic rings. The molecule has 0 unspecified atom stereocenters. The van der Waals surface area contributed by atoms with Crippen LogP contribution in [0.3, 0.4) is 0 Å². The summed E-state index contributed by atoms with van der Waals surface area (Å²) in [6.45, 7) is 1.17. The lowest BCUT2D eigenvalue weighted by Crippen LogP contribution is -2.52. The van der Waals surface area contributed by atoms with Gasteiger partial charge in [0.1, 0.15) is 5.97 Å². The Morgan fingerprint density at radius 2 is 0.913 bits per heavy atom. The van der Waals surface area contributed by atoms with E-state index in [0.717, 1.165) is 34.1 Å². The van der Waals surface area contributed by atoms with Crippen molar-refractivity contribution >= 4 is 52.8 Å². The number of carbonyl (C=O) groups excluding carboxylic acids is 7. The summed E-state index contributed by atoms with van der Waals surface area (Å²) in [4.78, 5) is 107. The van der Waals surface area contributed by atoms with E-state index in [2.05, 4.69) is 12.1 Å². The molecule has 490 valence electrons. The van der Waals surface area contributed by atoms with Crippen molar-refractivity contribution in [1.82, 2.24) is 29.4 Å². The minimum atomic E-state index is -5.19. The number of hydrogen-bond acceptors (Lipinski definition) is 12. The summed E-state index contributed by atoms with van der Waals surface area (Å²) in [5, 5.41) is 28.0. The van der Waals surface area contributed by atoms with Crippen molar-refractivity contribution in [2.75, 3.05) is 118 Å². The zero-order valence-corrected chi connectivity index (χ0v) is 51.3. The number of rotatable bonds is 24. The number of alkyl halides is 9. The first-order valence-electron chi connectivity index (χ1n) is 29.2. The third-order valence-electron chi connectivity index (χ3n) is 15.9. The fourth-order valence-electron chi connectivity index (χ4n) is 11.5. The molecule has 28 heteroatoms. The molecule has 0 saturated carbocycles. The molecule has 0 bridgehead atoms. The molecule has 0 aromatic heterocycles. The summed E-state index contributed by atoms with van der Waals surface area (Å²) >= 11 is 0. The van der Waals surface area contributed by atoms with Crippen LogP contribution in [0.4, 0.5) is 60.5 Å². The zero-order valence-electron chi connectivity index (χ0n) is 51.3. The number of anilines is 2. The summed E-state index contributed by atoms with van der Waals surface area (Å²) < 4.78 is 117. The van der Waals surface area contributed by atoms with Crippen LogP contribution in [-0.4, -0.2) is 189 Å². The summed E-state index contributed by atoms with van der Waals surface area (Å²) in [6, 6.07) is 21.2. The highest BCUT2D eigenvalue weighted by Gasteiger charge is 2.51. The van der Waals surface area contributed by atoms with Gasteiger partial charge in [0, 0.05) is 38.8 Å². The summed E-state index contributed by atoms with van der Waals surface area (Å²) in [7, 11) is 11.3. The van der Waals surface area contributed by atoms with Crippen molar-refractivity contribution in [3.05, 3.63) is 153 Å². The van der Waals surface area contributed by atoms with Crippen LogP contribution in [0, 0.1) is 22.7 Å². The van der Waals surface area contributed by atoms with E-state index in [1.54, 1.807) is 24.3 Å². The summed E-state index contributed by atoms with van der Waals surface area (Å²) in [6.07, 6.45) is -12.8. The normalized spacial score (nSPS) is 17.2. The van der Waals surface area contributed by atoms with E-state index in [4.69, 9.17) is 9.90 Å². The van der Waals surface area contributed by atoms with E-state index in [9.17, 15) is 78.8 Å². The van der Waals surface area contributed by atoms with Crippen LogP contribution in [0.25, 0.3) is 0 Å². The molecule has 4 aliphatic rings. The number of quaternary nitrogens is 1. The van der Waals surface area contributed by atoms with Crippen molar-refractivity contribution in [3.63, 3.8) is 0 Å². The number of nitrogens with zero attached hydrogens (tertiary/aromatic N) is 11. The Hall–Kier alpha value is -9.12. The van der Waals surface area contributed by atoms with E-state index in [-0.39, 0.29) is 84.5 Å². The molecule has 19 nitrogen and oxygen atoms in total. The largest absolute Gasteiger partial charge is 0.542 e. The highest BCUT2D eigenvalue weighted by molar-refractivity contribution is 6.09. The van der Waals surface area contributed by atoms with E-state index in [1.807, 2.05) is 52.1 Å². The van der Waals surface area contributed by atoms with Gasteiger partial charge in [0.25, 0.3) is 11.8 Å². The third kappa shape index (κ3) is 16.9. The minimum absolute atomic E-state index is 0.0853. The molecule has 0 saturated heterocycles. The maximum atomic E-state index is 14.9. The number of carboxylic acid groups (broad SMARTS) is 1. The Balaban J connectivity index is 0.00000162. The Morgan fingerprint density at radius 3 is 1.22 bits per heavy atom. The summed E-state index contributed by atoms with van der Waals surface area (Å²) in [5.74, 6) is -4.63. The molecule has 8 rings (SSSR count). The fourth-order valence-corrected chi connectivity index (χ4v) is 11.5. The molecule has 0 spiro atoms. The van der Waals surface area contributed by atoms with Gasteiger partial charge in [0.15, 0.2) is 11.6 Å². The van der Waals surface area contributed by atoms with Crippen LogP contribution >= 0.6 is 0 Å². The lowest BCUT2D eigenvalue weighted by molar-refractivity contribution is -0.890. The number of amides is 6. The molecular formula is C64H68F9N11O8. The molecule has 2 atom stereocenters. The fraction of sp³-hybridized carbons (Fsp3) is 0.422. The SMILES string of the molecule is CN(C)CCCC(=O)CN1C(=O)N(c2cccc(C(F)(F)F)c2)C2=C(C(=O)N(CCC[N+](C)(C)CCCN3CC4=C(C3=O)[C@@H](c3ccc(C#N)cc3)N(CC(=O)CCCN(C)C)C(=O)N4c3cccc(C(F)(F)F)c3)C2)[C@H]1c1ccc(C#N)cc1.O=C([O-])C(F)(F)F. The standard InChI is InChI=1S/C62H68F6N11O6.C2HF3O2/c1-71(2)27-9-17-49(80)37-75-55(43-23-19-41(35-69)20-24-43)53-51(77(59(75)84)47-15-7-13-45(33-47)61(63,64)65)39-73(57(53)82)29-11-31-79(5,6)32-12-30-74-40-52-54(58(74)83)56(44-25-21-42(36-70)22-26-44)76(38-50(81)18-10-28-72(3)4)60(85)78(52)48-16-8-14-46(34-48)62(66,67)68;3-2(4,5)1(6)7/h7-8,13-16,19-26,33-34,55-56H,9-12,17-18,27-32,37-40H2,1-6H3;(H,6,7)/q+1;/p-1/t55-,56-;/m1./s1. The molecule has 0 radical (unpaired) electrons. The van der Waals surface area contributed by atoms with Gasteiger partial charge < -0.3 is 43.8 Å². The quantitative estimate of drug-likeness (QED) is 0.0478. The van der Waals surface area contributed by atoms with E-state index < -0.39 is 84.7 Å². The molecule has 0 N–H and O–H groups in total. The number of urea groups is 2. The van der Waals surface area contributed by atoms with Gasteiger partial charge >= 0.3 is 30.6 Å². The number of halogens is 9. The Labute approximate surface area is 525 Å². The third-order valence-corrected chi connectivity index (χ3v) is 15.9. The molecular weight excluding hydrogens is 1220 g/mol. The van der Waals surface area contributed by atoms with Gasteiger partial charge in [-0.25, -0.2) is 9.59 Å². The van der Waals surface area contributed by atoms with Gasteiger partial charge in [-0.1, -0.05) is 36.4 Å². The number of benzene rings is 4. The Bertz CT molecular complexity index is 3370. The topological polar surface area (TPSA) is 216 Å². The first-order chi connectivity index (χ1) is 43.1. The molecule has 4 aromatic carbocycles. The molecule has 4 heterocycles. The number of hydrogen-bond donors (Lipinski definition) is 0. The van der Waals surface area contributed by atoms with Gasteiger partial charge in [-0.2, -0.15) is 50.0 Å². The van der Waals surface area contributed by atoms with Crippen LogP contribution in [-0.2, 0) is 36.3 Å². The van der Waals surface area contributed by atoms with E-state index in [1.165, 1.54) is 68.1 Å². The van der Waals surface area contributed by atoms with Crippen molar-refractivity contribution < 1.29 is 82.7 Å². The monoisotopic (exact) mass is 1290 g/mol. The van der Waals surface area contributed by atoms with Crippen molar-refractivity contribution in [2.24, 2.45) is 0 Å². The number of nitriles is 2. The van der Waals surface area contributed by atoms with E-state index in [0.29, 0.717) is 78.6 Å². The van der Waals surface area contributed by atoms with E-state index >= 15 is 0 Å². The van der Waals surface area contributed by atoms with Crippen LogP contribution < -0.4 is 14.9 Å². The highest BCUT2D eigenvalue weighted by Crippen LogP contribution is 2.47.